The van der Waals surface area contributed by atoms with Gasteiger partial charge >= 0.3 is 0 Å². The van der Waals surface area contributed by atoms with Crippen LogP contribution in [0, 0.1) is 0 Å². The molecule has 0 saturated heterocycles. The Labute approximate surface area is 139 Å². The van der Waals surface area contributed by atoms with Gasteiger partial charge in [0.2, 0.25) is 0 Å². The summed E-state index contributed by atoms with van der Waals surface area (Å²) in [4.78, 5) is 10.0. The zero-order valence-electron chi connectivity index (χ0n) is 13.7. The first-order valence-corrected chi connectivity index (χ1v) is 8.41. The average molecular weight is 331 g/mol. The molecule has 0 bridgehead atoms. The molecule has 0 amide bonds. The normalized spacial score (nSPS) is 10.7. The SMILES string of the molecule is CCCCCCCC/C=C\CCCCCCC[C-]=O.[Zn]. The van der Waals surface area contributed by atoms with Crippen molar-refractivity contribution in [2.45, 2.75) is 96.8 Å². The predicted octanol–water partition coefficient (Wildman–Crippen LogP) is 6.13. The van der Waals surface area contributed by atoms with Crippen molar-refractivity contribution in [2.75, 3.05) is 0 Å². The monoisotopic (exact) mass is 329 g/mol. The van der Waals surface area contributed by atoms with Crippen molar-refractivity contribution in [3.05, 3.63) is 12.2 Å². The molecule has 2 heteroatoms. The van der Waals surface area contributed by atoms with Gasteiger partial charge in [-0.25, -0.2) is 0 Å². The Kier molecular flexibility index (Phi) is 23.8. The Balaban J connectivity index is 0. The van der Waals surface area contributed by atoms with Gasteiger partial charge in [0.25, 0.3) is 0 Å². The molecule has 0 heterocycles. The van der Waals surface area contributed by atoms with E-state index in [2.05, 4.69) is 19.1 Å². The molecule has 1 nitrogen and oxygen atoms in total. The minimum atomic E-state index is 0. The van der Waals surface area contributed by atoms with Crippen molar-refractivity contribution < 1.29 is 24.3 Å². The smallest absolute Gasteiger partial charge is 0 e. The molecule has 0 rings (SSSR count). The van der Waals surface area contributed by atoms with Gasteiger partial charge in [-0.2, -0.15) is 6.42 Å². The molecule has 0 aromatic carbocycles. The Morgan fingerprint density at radius 1 is 0.700 bits per heavy atom. The molecule has 0 aliphatic carbocycles. The van der Waals surface area contributed by atoms with Crippen LogP contribution in [-0.2, 0) is 24.3 Å². The van der Waals surface area contributed by atoms with Gasteiger partial charge in [0.15, 0.2) is 0 Å². The van der Waals surface area contributed by atoms with Gasteiger partial charge in [0.1, 0.15) is 0 Å². The van der Waals surface area contributed by atoms with Crippen molar-refractivity contribution in [3.63, 3.8) is 0 Å². The number of rotatable bonds is 15. The molecular formula is C18H33OZn-. The van der Waals surface area contributed by atoms with Crippen LogP contribution in [0.3, 0.4) is 0 Å². The van der Waals surface area contributed by atoms with Crippen LogP contribution in [0.5, 0.6) is 0 Å². The quantitative estimate of drug-likeness (QED) is 0.153. The number of allylic oxidation sites excluding steroid dienone is 2. The third-order valence-corrected chi connectivity index (χ3v) is 3.54. The zero-order chi connectivity index (χ0) is 14.0. The Morgan fingerprint density at radius 2 is 1.15 bits per heavy atom. The molecule has 20 heavy (non-hydrogen) atoms. The van der Waals surface area contributed by atoms with Crippen LogP contribution in [0.4, 0.5) is 0 Å². The van der Waals surface area contributed by atoms with E-state index in [1.54, 1.807) is 0 Å². The topological polar surface area (TPSA) is 17.1 Å². The molecule has 0 aliphatic heterocycles. The fourth-order valence-corrected chi connectivity index (χ4v) is 2.27. The Hall–Kier alpha value is 0.0334. The van der Waals surface area contributed by atoms with Gasteiger partial charge in [-0.1, -0.05) is 76.9 Å². The summed E-state index contributed by atoms with van der Waals surface area (Å²) >= 11 is 0. The summed E-state index contributed by atoms with van der Waals surface area (Å²) in [5.74, 6) is 0. The first kappa shape index (κ1) is 22.3. The van der Waals surface area contributed by atoms with E-state index in [-0.39, 0.29) is 19.5 Å². The largest absolute Gasteiger partial charge is 0.542 e. The van der Waals surface area contributed by atoms with Crippen molar-refractivity contribution in [2.24, 2.45) is 0 Å². The van der Waals surface area contributed by atoms with E-state index in [0.717, 1.165) is 6.42 Å². The molecule has 0 saturated carbocycles. The van der Waals surface area contributed by atoms with Crippen LogP contribution in [0.1, 0.15) is 96.8 Å². The summed E-state index contributed by atoms with van der Waals surface area (Å²) in [5.41, 5.74) is 0. The molecule has 0 atom stereocenters. The van der Waals surface area contributed by atoms with Gasteiger partial charge in [-0.15, -0.1) is 0 Å². The zero-order valence-corrected chi connectivity index (χ0v) is 16.6. The first-order chi connectivity index (χ1) is 9.41. The van der Waals surface area contributed by atoms with Crippen LogP contribution in [0.15, 0.2) is 12.2 Å². The summed E-state index contributed by atoms with van der Waals surface area (Å²) in [6.45, 7) is 2.27. The third kappa shape index (κ3) is 20.4. The van der Waals surface area contributed by atoms with Gasteiger partial charge in [-0.05, 0) is 25.7 Å². The van der Waals surface area contributed by atoms with Gasteiger partial charge < -0.3 is 4.79 Å². The van der Waals surface area contributed by atoms with Crippen molar-refractivity contribution >= 4 is 6.29 Å². The summed E-state index contributed by atoms with van der Waals surface area (Å²) in [6.07, 6.45) is 24.2. The average Bonchev–Trinajstić information content (AvgIpc) is 2.43. The summed E-state index contributed by atoms with van der Waals surface area (Å²) in [5, 5.41) is 0. The second kappa shape index (κ2) is 21.3. The molecule has 0 N–H and O–H groups in total. The minimum Gasteiger partial charge on any atom is -0.542 e. The van der Waals surface area contributed by atoms with E-state index >= 15 is 0 Å². The van der Waals surface area contributed by atoms with Crippen LogP contribution in [0.25, 0.3) is 0 Å². The van der Waals surface area contributed by atoms with Crippen molar-refractivity contribution in [3.8, 4) is 0 Å². The Morgan fingerprint density at radius 3 is 1.65 bits per heavy atom. The maximum Gasteiger partial charge on any atom is 0 e. The molecule has 0 aromatic rings. The summed E-state index contributed by atoms with van der Waals surface area (Å²) in [6, 6.07) is 0. The van der Waals surface area contributed by atoms with E-state index in [1.807, 2.05) is 6.29 Å². The van der Waals surface area contributed by atoms with Crippen LogP contribution < -0.4 is 0 Å². The fraction of sp³-hybridized carbons (Fsp3) is 0.833. The second-order valence-electron chi connectivity index (χ2n) is 5.48. The third-order valence-electron chi connectivity index (χ3n) is 3.54. The number of unbranched alkanes of at least 4 members (excludes halogenated alkanes) is 12. The van der Waals surface area contributed by atoms with E-state index < -0.39 is 0 Å². The molecule has 0 aromatic heterocycles. The molecule has 0 unspecified atom stereocenters. The van der Waals surface area contributed by atoms with Crippen LogP contribution in [0.2, 0.25) is 0 Å². The van der Waals surface area contributed by atoms with E-state index in [9.17, 15) is 4.79 Å². The number of hydrogen-bond acceptors (Lipinski definition) is 1. The standard InChI is InChI=1S/C18H33O.Zn/c1-2-3-4-5-6-7-8-9-10-11-12-13-14-15-16-17-18-19;/h9-10H,2-8,11-17H2,1H3;/q-1;/b10-9-;. The maximum atomic E-state index is 10.0. The van der Waals surface area contributed by atoms with Crippen molar-refractivity contribution in [1.82, 2.24) is 0 Å². The molecular weight excluding hydrogens is 298 g/mol. The Bertz CT molecular complexity index is 202. The molecule has 114 valence electrons. The number of hydrogen-bond donors (Lipinski definition) is 0. The summed E-state index contributed by atoms with van der Waals surface area (Å²) < 4.78 is 0. The fourth-order valence-electron chi connectivity index (χ4n) is 2.27. The molecule has 0 fully saturated rings. The van der Waals surface area contributed by atoms with E-state index in [0.29, 0.717) is 6.42 Å². The number of carbonyl (C=O) groups excluding carboxylic acids is 1. The van der Waals surface area contributed by atoms with E-state index in [4.69, 9.17) is 0 Å². The molecule has 0 radical (unpaired) electrons. The van der Waals surface area contributed by atoms with Crippen LogP contribution in [-0.4, -0.2) is 6.29 Å². The van der Waals surface area contributed by atoms with E-state index in [1.165, 1.54) is 77.0 Å². The molecule has 0 aliphatic rings. The predicted molar refractivity (Wildman–Crippen MR) is 85.1 cm³/mol. The van der Waals surface area contributed by atoms with Crippen molar-refractivity contribution in [1.29, 1.82) is 0 Å². The maximum absolute atomic E-state index is 10.0. The van der Waals surface area contributed by atoms with Gasteiger partial charge in [-0.3, -0.25) is 6.29 Å². The van der Waals surface area contributed by atoms with Crippen LogP contribution >= 0.6 is 0 Å². The first-order valence-electron chi connectivity index (χ1n) is 8.41. The van der Waals surface area contributed by atoms with Gasteiger partial charge in [0, 0.05) is 19.5 Å². The molecule has 0 spiro atoms. The van der Waals surface area contributed by atoms with Gasteiger partial charge in [0.05, 0.1) is 0 Å². The second-order valence-corrected chi connectivity index (χ2v) is 5.48. The minimum absolute atomic E-state index is 0. The summed E-state index contributed by atoms with van der Waals surface area (Å²) in [7, 11) is 0.